The van der Waals surface area contributed by atoms with Crippen LogP contribution in [0.15, 0.2) is 0 Å². The Morgan fingerprint density at radius 3 is 3.06 bits per heavy atom. The minimum Gasteiger partial charge on any atom is -0.353 e. The first-order valence-electron chi connectivity index (χ1n) is 6.15. The van der Waals surface area contributed by atoms with Crippen molar-refractivity contribution >= 4 is 11.8 Å². The second-order valence-electron chi connectivity index (χ2n) is 4.94. The Hall–Kier alpha value is -1.14. The first kappa shape index (κ1) is 12.3. The Kier molecular flexibility index (Phi) is 3.63. The number of hydrazine groups is 1. The second kappa shape index (κ2) is 5.01. The van der Waals surface area contributed by atoms with Gasteiger partial charge in [0.2, 0.25) is 5.91 Å². The maximum absolute atomic E-state index is 11.5. The maximum atomic E-state index is 11.5. The summed E-state index contributed by atoms with van der Waals surface area (Å²) in [6, 6.07) is 0.0965. The average Bonchev–Trinajstić information content (AvgIpc) is 2.36. The fourth-order valence-electron chi connectivity index (χ4n) is 2.78. The number of carbonyl (C=O) groups is 2. The van der Waals surface area contributed by atoms with Crippen LogP contribution in [0.5, 0.6) is 0 Å². The lowest BCUT2D eigenvalue weighted by Gasteiger charge is -2.43. The lowest BCUT2D eigenvalue weighted by Crippen LogP contribution is -2.58. The molecule has 2 amide bonds. The maximum Gasteiger partial charge on any atom is 0.250 e. The SMILES string of the molecule is CC(C(=O)NN)N1CCC2NC(=O)CCC2C1. The molecule has 0 radical (unpaired) electrons. The fraction of sp³-hybridized carbons (Fsp3) is 0.818. The predicted molar refractivity (Wildman–Crippen MR) is 62.6 cm³/mol. The number of hydrogen-bond donors (Lipinski definition) is 3. The van der Waals surface area contributed by atoms with Crippen molar-refractivity contribution in [1.29, 1.82) is 0 Å². The average molecular weight is 240 g/mol. The smallest absolute Gasteiger partial charge is 0.250 e. The summed E-state index contributed by atoms with van der Waals surface area (Å²) in [6.45, 7) is 3.56. The van der Waals surface area contributed by atoms with E-state index in [9.17, 15) is 9.59 Å². The molecule has 0 bridgehead atoms. The molecular weight excluding hydrogens is 220 g/mol. The van der Waals surface area contributed by atoms with Crippen molar-refractivity contribution in [2.24, 2.45) is 11.8 Å². The zero-order valence-corrected chi connectivity index (χ0v) is 10.1. The lowest BCUT2D eigenvalue weighted by molar-refractivity contribution is -0.129. The van der Waals surface area contributed by atoms with Gasteiger partial charge in [-0.2, -0.15) is 0 Å². The van der Waals surface area contributed by atoms with Crippen LogP contribution in [0.4, 0.5) is 0 Å². The van der Waals surface area contributed by atoms with Crippen molar-refractivity contribution in [1.82, 2.24) is 15.6 Å². The Morgan fingerprint density at radius 2 is 2.35 bits per heavy atom. The third-order valence-corrected chi connectivity index (χ3v) is 3.92. The zero-order chi connectivity index (χ0) is 12.4. The molecule has 2 heterocycles. The van der Waals surface area contributed by atoms with Crippen molar-refractivity contribution in [2.75, 3.05) is 13.1 Å². The molecule has 3 unspecified atom stereocenters. The van der Waals surface area contributed by atoms with Gasteiger partial charge in [-0.1, -0.05) is 0 Å². The minimum absolute atomic E-state index is 0.150. The van der Waals surface area contributed by atoms with Gasteiger partial charge in [-0.05, 0) is 25.7 Å². The van der Waals surface area contributed by atoms with Gasteiger partial charge in [0, 0.05) is 25.6 Å². The highest BCUT2D eigenvalue weighted by Gasteiger charge is 2.36. The summed E-state index contributed by atoms with van der Waals surface area (Å²) in [6.07, 6.45) is 2.44. The first-order chi connectivity index (χ1) is 8.11. The van der Waals surface area contributed by atoms with Gasteiger partial charge in [-0.3, -0.25) is 19.9 Å². The number of amides is 2. The molecule has 2 aliphatic heterocycles. The van der Waals surface area contributed by atoms with Crippen LogP contribution in [0, 0.1) is 5.92 Å². The van der Waals surface area contributed by atoms with E-state index in [2.05, 4.69) is 15.6 Å². The number of likely N-dealkylation sites (tertiary alicyclic amines) is 1. The molecule has 0 aromatic heterocycles. The van der Waals surface area contributed by atoms with Gasteiger partial charge >= 0.3 is 0 Å². The fourth-order valence-corrected chi connectivity index (χ4v) is 2.78. The summed E-state index contributed by atoms with van der Waals surface area (Å²) in [7, 11) is 0. The van der Waals surface area contributed by atoms with E-state index in [1.807, 2.05) is 6.92 Å². The number of piperidine rings is 2. The highest BCUT2D eigenvalue weighted by atomic mass is 16.2. The third kappa shape index (κ3) is 2.58. The molecule has 96 valence electrons. The molecular formula is C11H20N4O2. The highest BCUT2D eigenvalue weighted by Crippen LogP contribution is 2.26. The number of hydrogen-bond acceptors (Lipinski definition) is 4. The highest BCUT2D eigenvalue weighted by molar-refractivity contribution is 5.80. The number of fused-ring (bicyclic) bond motifs is 1. The molecule has 17 heavy (non-hydrogen) atoms. The monoisotopic (exact) mass is 240 g/mol. The van der Waals surface area contributed by atoms with E-state index in [-0.39, 0.29) is 17.9 Å². The van der Waals surface area contributed by atoms with Crippen LogP contribution in [0.2, 0.25) is 0 Å². The predicted octanol–water partition coefficient (Wildman–Crippen LogP) is -1.03. The zero-order valence-electron chi connectivity index (χ0n) is 10.1. The minimum atomic E-state index is -0.196. The van der Waals surface area contributed by atoms with Crippen LogP contribution in [0.3, 0.4) is 0 Å². The number of carbonyl (C=O) groups excluding carboxylic acids is 2. The molecule has 0 spiro atoms. The van der Waals surface area contributed by atoms with Crippen molar-refractivity contribution in [3.05, 3.63) is 0 Å². The van der Waals surface area contributed by atoms with Gasteiger partial charge in [0.25, 0.3) is 5.91 Å². The van der Waals surface area contributed by atoms with E-state index in [0.29, 0.717) is 18.4 Å². The summed E-state index contributed by atoms with van der Waals surface area (Å²) in [5.41, 5.74) is 2.19. The standard InChI is InChI=1S/C11H20N4O2/c1-7(11(17)14-12)15-5-4-9-8(6-15)2-3-10(16)13-9/h7-9H,2-6,12H2,1H3,(H,13,16)(H,14,17). The van der Waals surface area contributed by atoms with E-state index in [1.54, 1.807) is 0 Å². The molecule has 0 aromatic rings. The van der Waals surface area contributed by atoms with Crippen LogP contribution in [-0.2, 0) is 9.59 Å². The Morgan fingerprint density at radius 1 is 1.59 bits per heavy atom. The van der Waals surface area contributed by atoms with E-state index in [4.69, 9.17) is 5.84 Å². The number of nitrogens with two attached hydrogens (primary N) is 1. The van der Waals surface area contributed by atoms with Crippen molar-refractivity contribution in [2.45, 2.75) is 38.3 Å². The van der Waals surface area contributed by atoms with Gasteiger partial charge < -0.3 is 5.32 Å². The van der Waals surface area contributed by atoms with Gasteiger partial charge in [0.05, 0.1) is 6.04 Å². The molecule has 2 saturated heterocycles. The van der Waals surface area contributed by atoms with Gasteiger partial charge in [0.15, 0.2) is 0 Å². The van der Waals surface area contributed by atoms with Crippen LogP contribution < -0.4 is 16.6 Å². The van der Waals surface area contributed by atoms with Crippen molar-refractivity contribution in [3.8, 4) is 0 Å². The summed E-state index contributed by atoms with van der Waals surface area (Å²) in [4.78, 5) is 24.9. The molecule has 2 aliphatic rings. The lowest BCUT2D eigenvalue weighted by atomic mass is 9.84. The molecule has 0 saturated carbocycles. The number of rotatable bonds is 2. The quantitative estimate of drug-likeness (QED) is 0.327. The summed E-state index contributed by atoms with van der Waals surface area (Å²) >= 11 is 0. The van der Waals surface area contributed by atoms with E-state index >= 15 is 0 Å². The van der Waals surface area contributed by atoms with Crippen LogP contribution in [0.1, 0.15) is 26.2 Å². The molecule has 0 aliphatic carbocycles. The third-order valence-electron chi connectivity index (χ3n) is 3.92. The van der Waals surface area contributed by atoms with Gasteiger partial charge in [-0.25, -0.2) is 5.84 Å². The molecule has 2 rings (SSSR count). The topological polar surface area (TPSA) is 87.5 Å². The van der Waals surface area contributed by atoms with Gasteiger partial charge in [0.1, 0.15) is 0 Å². The Labute approximate surface area is 101 Å². The van der Waals surface area contributed by atoms with Crippen LogP contribution in [-0.4, -0.2) is 41.9 Å². The van der Waals surface area contributed by atoms with Crippen molar-refractivity contribution < 1.29 is 9.59 Å². The first-order valence-corrected chi connectivity index (χ1v) is 6.15. The summed E-state index contributed by atoms with van der Waals surface area (Å²) in [5, 5.41) is 3.03. The van der Waals surface area contributed by atoms with E-state index in [1.165, 1.54) is 0 Å². The molecule has 3 atom stereocenters. The van der Waals surface area contributed by atoms with Crippen molar-refractivity contribution in [3.63, 3.8) is 0 Å². The molecule has 0 aromatic carbocycles. The summed E-state index contributed by atoms with van der Waals surface area (Å²) < 4.78 is 0. The van der Waals surface area contributed by atoms with Crippen LogP contribution in [0.25, 0.3) is 0 Å². The normalized spacial score (nSPS) is 31.3. The Bertz CT molecular complexity index is 321. The molecule has 6 nitrogen and oxygen atoms in total. The molecule has 2 fully saturated rings. The van der Waals surface area contributed by atoms with E-state index in [0.717, 1.165) is 25.9 Å². The van der Waals surface area contributed by atoms with Crippen LogP contribution >= 0.6 is 0 Å². The number of nitrogens with one attached hydrogen (secondary N) is 2. The van der Waals surface area contributed by atoms with E-state index < -0.39 is 0 Å². The number of nitrogens with zero attached hydrogens (tertiary/aromatic N) is 1. The molecule has 6 heteroatoms. The largest absolute Gasteiger partial charge is 0.353 e. The summed E-state index contributed by atoms with van der Waals surface area (Å²) in [5.74, 6) is 5.62. The van der Waals surface area contributed by atoms with Gasteiger partial charge in [-0.15, -0.1) is 0 Å². The second-order valence-corrected chi connectivity index (χ2v) is 4.94. The Balaban J connectivity index is 1.94. The molecule has 4 N–H and O–H groups in total.